The van der Waals surface area contributed by atoms with E-state index in [0.717, 1.165) is 36.0 Å². The third kappa shape index (κ3) is 2.20. The molecule has 1 heterocycles. The van der Waals surface area contributed by atoms with E-state index in [9.17, 15) is 0 Å². The predicted molar refractivity (Wildman–Crippen MR) is 63.7 cm³/mol. The molecule has 0 aliphatic heterocycles. The Morgan fingerprint density at radius 1 is 1.44 bits per heavy atom. The van der Waals surface area contributed by atoms with Crippen LogP contribution in [0.2, 0.25) is 5.02 Å². The highest BCUT2D eigenvalue weighted by atomic mass is 35.5. The van der Waals surface area contributed by atoms with Gasteiger partial charge in [0.1, 0.15) is 5.52 Å². The van der Waals surface area contributed by atoms with Crippen molar-refractivity contribution in [2.45, 2.75) is 25.3 Å². The first-order valence-corrected chi connectivity index (χ1v) is 5.97. The fraction of sp³-hybridized carbons (Fsp3) is 0.417. The van der Waals surface area contributed by atoms with Gasteiger partial charge in [0.05, 0.1) is 0 Å². The number of aromatic nitrogens is 1. The second-order valence-corrected chi connectivity index (χ2v) is 4.63. The number of nitrogens with zero attached hydrogens (tertiary/aromatic N) is 1. The number of rotatable bonds is 4. The molecule has 1 fully saturated rings. The molecule has 2 aromatic rings. The first-order valence-electron chi connectivity index (χ1n) is 5.59. The van der Waals surface area contributed by atoms with E-state index >= 15 is 0 Å². The van der Waals surface area contributed by atoms with E-state index in [1.165, 1.54) is 12.8 Å². The molecule has 16 heavy (non-hydrogen) atoms. The normalized spacial score (nSPS) is 15.8. The molecule has 1 aromatic heterocycles. The van der Waals surface area contributed by atoms with Gasteiger partial charge in [-0.05, 0) is 25.0 Å². The van der Waals surface area contributed by atoms with Crippen LogP contribution >= 0.6 is 11.6 Å². The summed E-state index contributed by atoms with van der Waals surface area (Å²) in [5.74, 6) is 0.783. The van der Waals surface area contributed by atoms with E-state index in [2.05, 4.69) is 10.3 Å². The van der Waals surface area contributed by atoms with Crippen molar-refractivity contribution in [2.75, 3.05) is 6.54 Å². The van der Waals surface area contributed by atoms with Gasteiger partial charge in [0.15, 0.2) is 11.5 Å². The minimum atomic E-state index is 0.686. The number of nitrogens with one attached hydrogen (secondary N) is 1. The zero-order valence-electron chi connectivity index (χ0n) is 8.87. The summed E-state index contributed by atoms with van der Waals surface area (Å²) in [4.78, 5) is 4.41. The number of fused-ring (bicyclic) bond motifs is 1. The Morgan fingerprint density at radius 2 is 2.31 bits per heavy atom. The fourth-order valence-electron chi connectivity index (χ4n) is 1.72. The van der Waals surface area contributed by atoms with Crippen LogP contribution in [0.4, 0.5) is 0 Å². The van der Waals surface area contributed by atoms with Gasteiger partial charge in [-0.15, -0.1) is 0 Å². The summed E-state index contributed by atoms with van der Waals surface area (Å²) >= 11 is 5.88. The van der Waals surface area contributed by atoms with Crippen LogP contribution in [-0.2, 0) is 6.42 Å². The van der Waals surface area contributed by atoms with E-state index in [0.29, 0.717) is 5.02 Å². The second-order valence-electron chi connectivity index (χ2n) is 4.20. The van der Waals surface area contributed by atoms with Gasteiger partial charge in [0.2, 0.25) is 0 Å². The maximum atomic E-state index is 5.88. The Kier molecular flexibility index (Phi) is 2.58. The summed E-state index contributed by atoms with van der Waals surface area (Å²) in [6.07, 6.45) is 3.45. The molecule has 1 aliphatic rings. The molecule has 0 unspecified atom stereocenters. The van der Waals surface area contributed by atoms with Crippen LogP contribution in [0.25, 0.3) is 11.1 Å². The first-order chi connectivity index (χ1) is 7.81. The summed E-state index contributed by atoms with van der Waals surface area (Å²) < 4.78 is 5.62. The van der Waals surface area contributed by atoms with Crippen LogP contribution in [-0.4, -0.2) is 17.6 Å². The Bertz CT molecular complexity index is 505. The van der Waals surface area contributed by atoms with E-state index in [4.69, 9.17) is 16.0 Å². The van der Waals surface area contributed by atoms with Crippen molar-refractivity contribution in [3.05, 3.63) is 29.1 Å². The van der Waals surface area contributed by atoms with Crippen LogP contribution in [0.5, 0.6) is 0 Å². The topological polar surface area (TPSA) is 38.1 Å². The van der Waals surface area contributed by atoms with Crippen LogP contribution < -0.4 is 5.32 Å². The van der Waals surface area contributed by atoms with E-state index in [1.54, 1.807) is 0 Å². The van der Waals surface area contributed by atoms with Crippen molar-refractivity contribution >= 4 is 22.7 Å². The minimum Gasteiger partial charge on any atom is -0.441 e. The summed E-state index contributed by atoms with van der Waals surface area (Å²) in [6, 6.07) is 6.26. The maximum absolute atomic E-state index is 5.88. The monoisotopic (exact) mass is 236 g/mol. The molecule has 1 N–H and O–H groups in total. The summed E-state index contributed by atoms with van der Waals surface area (Å²) in [5.41, 5.74) is 1.65. The van der Waals surface area contributed by atoms with Crippen molar-refractivity contribution in [1.82, 2.24) is 10.3 Å². The molecule has 0 bridgehead atoms. The Hall–Kier alpha value is -1.06. The minimum absolute atomic E-state index is 0.686. The molecule has 0 amide bonds. The van der Waals surface area contributed by atoms with Crippen molar-refractivity contribution in [3.8, 4) is 0 Å². The molecule has 1 aromatic carbocycles. The molecule has 1 aliphatic carbocycles. The zero-order chi connectivity index (χ0) is 11.0. The van der Waals surface area contributed by atoms with Gasteiger partial charge in [-0.3, -0.25) is 0 Å². The molecule has 1 saturated carbocycles. The lowest BCUT2D eigenvalue weighted by atomic mass is 10.3. The third-order valence-corrected chi connectivity index (χ3v) is 2.98. The van der Waals surface area contributed by atoms with Crippen molar-refractivity contribution in [3.63, 3.8) is 0 Å². The average Bonchev–Trinajstić information content (AvgIpc) is 2.98. The Morgan fingerprint density at radius 3 is 3.12 bits per heavy atom. The molecule has 0 atom stereocenters. The van der Waals surface area contributed by atoms with E-state index in [1.807, 2.05) is 18.2 Å². The van der Waals surface area contributed by atoms with Crippen LogP contribution in [0.3, 0.4) is 0 Å². The molecule has 3 rings (SSSR count). The summed E-state index contributed by atoms with van der Waals surface area (Å²) in [6.45, 7) is 0.936. The molecule has 0 radical (unpaired) electrons. The summed E-state index contributed by atoms with van der Waals surface area (Å²) in [7, 11) is 0. The van der Waals surface area contributed by atoms with Gasteiger partial charge in [-0.2, -0.15) is 0 Å². The molecule has 3 nitrogen and oxygen atoms in total. The third-order valence-electron chi connectivity index (χ3n) is 2.74. The lowest BCUT2D eigenvalue weighted by Crippen LogP contribution is -2.19. The summed E-state index contributed by atoms with van der Waals surface area (Å²) in [5, 5.41) is 4.12. The molecule has 84 valence electrons. The van der Waals surface area contributed by atoms with Crippen LogP contribution in [0.15, 0.2) is 22.6 Å². The van der Waals surface area contributed by atoms with Gasteiger partial charge in [-0.1, -0.05) is 11.6 Å². The molecule has 0 saturated heterocycles. The molecule has 4 heteroatoms. The van der Waals surface area contributed by atoms with Gasteiger partial charge in [0.25, 0.3) is 0 Å². The van der Waals surface area contributed by atoms with Gasteiger partial charge in [-0.25, -0.2) is 4.98 Å². The highest BCUT2D eigenvalue weighted by Gasteiger charge is 2.20. The Labute approximate surface area is 98.8 Å². The largest absolute Gasteiger partial charge is 0.441 e. The van der Waals surface area contributed by atoms with Crippen LogP contribution in [0, 0.1) is 0 Å². The van der Waals surface area contributed by atoms with Crippen molar-refractivity contribution in [2.24, 2.45) is 0 Å². The number of hydrogen-bond acceptors (Lipinski definition) is 3. The predicted octanol–water partition coefficient (Wildman–Crippen LogP) is 2.78. The van der Waals surface area contributed by atoms with E-state index in [-0.39, 0.29) is 0 Å². The van der Waals surface area contributed by atoms with Crippen molar-refractivity contribution < 1.29 is 4.42 Å². The Balaban J connectivity index is 1.71. The van der Waals surface area contributed by atoms with Gasteiger partial charge < -0.3 is 9.73 Å². The van der Waals surface area contributed by atoms with E-state index < -0.39 is 0 Å². The molecule has 0 spiro atoms. The smallest absolute Gasteiger partial charge is 0.196 e. The van der Waals surface area contributed by atoms with Gasteiger partial charge >= 0.3 is 0 Å². The molecular formula is C12H13ClN2O. The lowest BCUT2D eigenvalue weighted by Gasteiger charge is -1.97. The number of hydrogen-bond donors (Lipinski definition) is 1. The quantitative estimate of drug-likeness (QED) is 0.887. The average molecular weight is 237 g/mol. The number of halogens is 1. The first kappa shape index (κ1) is 10.1. The second kappa shape index (κ2) is 4.07. The van der Waals surface area contributed by atoms with Gasteiger partial charge in [0, 0.05) is 30.1 Å². The standard InChI is InChI=1S/C12H13ClN2O/c13-8-1-4-10-11(7-8)16-12(15-10)5-6-14-9-2-3-9/h1,4,7,9,14H,2-3,5-6H2. The number of benzene rings is 1. The van der Waals surface area contributed by atoms with Crippen LogP contribution in [0.1, 0.15) is 18.7 Å². The number of oxazole rings is 1. The lowest BCUT2D eigenvalue weighted by molar-refractivity contribution is 0.514. The SMILES string of the molecule is Clc1ccc2nc(CCNC3CC3)oc2c1. The zero-order valence-corrected chi connectivity index (χ0v) is 9.63. The highest BCUT2D eigenvalue weighted by Crippen LogP contribution is 2.21. The highest BCUT2D eigenvalue weighted by molar-refractivity contribution is 6.31. The fourth-order valence-corrected chi connectivity index (χ4v) is 1.89. The molecular weight excluding hydrogens is 224 g/mol. The van der Waals surface area contributed by atoms with Crippen molar-refractivity contribution in [1.29, 1.82) is 0 Å². The maximum Gasteiger partial charge on any atom is 0.196 e.